The average Bonchev–Trinajstić information content (AvgIpc) is 2.84. The molecule has 1 aliphatic rings. The Morgan fingerprint density at radius 2 is 1.83 bits per heavy atom. The minimum atomic E-state index is -0.643. The van der Waals surface area contributed by atoms with Crippen molar-refractivity contribution in [2.24, 2.45) is 0 Å². The quantitative estimate of drug-likeness (QED) is 0.405. The topological polar surface area (TPSA) is 92.6 Å². The molecule has 2 aromatic carbocycles. The molecule has 0 atom stereocenters. The molecule has 24 heavy (non-hydrogen) atoms. The van der Waals surface area contributed by atoms with Gasteiger partial charge in [0.05, 0.1) is 10.6 Å². The molecule has 0 radical (unpaired) electrons. The number of hydrazine groups is 1. The summed E-state index contributed by atoms with van der Waals surface area (Å²) in [6.45, 7) is 0. The van der Waals surface area contributed by atoms with Crippen LogP contribution in [0.5, 0.6) is 0 Å². The number of hydrogen-bond donors (Lipinski definition) is 1. The van der Waals surface area contributed by atoms with Crippen molar-refractivity contribution in [2.75, 3.05) is 5.01 Å². The Hall–Kier alpha value is -3.55. The Kier molecular flexibility index (Phi) is 3.78. The largest absolute Gasteiger partial charge is 0.282 e. The molecular formula is C16H10FN3O4. The molecule has 1 aliphatic heterocycles. The zero-order valence-electron chi connectivity index (χ0n) is 12.1. The van der Waals surface area contributed by atoms with E-state index in [0.29, 0.717) is 11.3 Å². The van der Waals surface area contributed by atoms with Gasteiger partial charge in [-0.15, -0.1) is 0 Å². The molecule has 0 spiro atoms. The first-order chi connectivity index (χ1) is 11.5. The molecular weight excluding hydrogens is 317 g/mol. The molecule has 0 aromatic heterocycles. The van der Waals surface area contributed by atoms with Crippen molar-refractivity contribution in [1.29, 1.82) is 0 Å². The standard InChI is InChI=1S/C16H10FN3O4/c17-11-4-6-12(7-5-11)19-16(22)14(15(21)18-19)9-10-2-1-3-13(8-10)20(23)24/h1-9H,(H,18,21)/b14-9-. The van der Waals surface area contributed by atoms with Crippen molar-refractivity contribution in [1.82, 2.24) is 5.43 Å². The van der Waals surface area contributed by atoms with Crippen molar-refractivity contribution < 1.29 is 18.9 Å². The third kappa shape index (κ3) is 2.84. The normalized spacial score (nSPS) is 15.7. The molecule has 0 unspecified atom stereocenters. The molecule has 8 heteroatoms. The van der Waals surface area contributed by atoms with Gasteiger partial charge in [-0.1, -0.05) is 12.1 Å². The van der Waals surface area contributed by atoms with Crippen molar-refractivity contribution in [2.45, 2.75) is 0 Å². The van der Waals surface area contributed by atoms with Crippen LogP contribution in [-0.2, 0) is 9.59 Å². The number of nitro benzene ring substituents is 1. The molecule has 2 aromatic rings. The summed E-state index contributed by atoms with van der Waals surface area (Å²) in [7, 11) is 0. The lowest BCUT2D eigenvalue weighted by atomic mass is 10.1. The van der Waals surface area contributed by atoms with Gasteiger partial charge in [0.15, 0.2) is 0 Å². The van der Waals surface area contributed by atoms with Crippen molar-refractivity contribution in [3.05, 3.63) is 75.6 Å². The summed E-state index contributed by atoms with van der Waals surface area (Å²) in [6, 6.07) is 10.6. The highest BCUT2D eigenvalue weighted by Gasteiger charge is 2.34. The Morgan fingerprint density at radius 3 is 2.50 bits per heavy atom. The number of benzene rings is 2. The van der Waals surface area contributed by atoms with Crippen LogP contribution in [-0.4, -0.2) is 16.7 Å². The Balaban J connectivity index is 1.93. The van der Waals surface area contributed by atoms with E-state index in [2.05, 4.69) is 5.43 Å². The highest BCUT2D eigenvalue weighted by molar-refractivity contribution is 6.31. The lowest BCUT2D eigenvalue weighted by Gasteiger charge is -2.14. The number of amides is 2. The van der Waals surface area contributed by atoms with Gasteiger partial charge in [-0.05, 0) is 35.9 Å². The van der Waals surface area contributed by atoms with Crippen LogP contribution in [0, 0.1) is 15.9 Å². The monoisotopic (exact) mass is 327 g/mol. The van der Waals surface area contributed by atoms with E-state index in [-0.39, 0.29) is 11.3 Å². The SMILES string of the molecule is O=C1NN(c2ccc(F)cc2)C(=O)/C1=C\c1cccc([N+](=O)[O-])c1. The highest BCUT2D eigenvalue weighted by atomic mass is 19.1. The summed E-state index contributed by atoms with van der Waals surface area (Å²) in [6.07, 6.45) is 1.27. The number of non-ortho nitro benzene ring substituents is 1. The van der Waals surface area contributed by atoms with E-state index in [1.54, 1.807) is 6.07 Å². The molecule has 7 nitrogen and oxygen atoms in total. The number of nitro groups is 1. The van der Waals surface area contributed by atoms with E-state index in [4.69, 9.17) is 0 Å². The van der Waals surface area contributed by atoms with E-state index in [9.17, 15) is 24.1 Å². The third-order valence-corrected chi connectivity index (χ3v) is 3.37. The van der Waals surface area contributed by atoms with E-state index in [1.807, 2.05) is 0 Å². The second kappa shape index (κ2) is 5.92. The fraction of sp³-hybridized carbons (Fsp3) is 0. The number of nitrogens with zero attached hydrogens (tertiary/aromatic N) is 2. The van der Waals surface area contributed by atoms with Gasteiger partial charge in [0, 0.05) is 12.1 Å². The lowest BCUT2D eigenvalue weighted by molar-refractivity contribution is -0.384. The molecule has 120 valence electrons. The van der Waals surface area contributed by atoms with Gasteiger partial charge >= 0.3 is 0 Å². The number of halogens is 1. The summed E-state index contributed by atoms with van der Waals surface area (Å²) in [4.78, 5) is 34.6. The first-order valence-corrected chi connectivity index (χ1v) is 6.83. The molecule has 0 aliphatic carbocycles. The van der Waals surface area contributed by atoms with Crippen LogP contribution in [0.2, 0.25) is 0 Å². The van der Waals surface area contributed by atoms with Crippen LogP contribution < -0.4 is 10.4 Å². The number of carbonyl (C=O) groups excluding carboxylic acids is 2. The number of anilines is 1. The van der Waals surface area contributed by atoms with Gasteiger partial charge in [-0.2, -0.15) is 0 Å². The fourth-order valence-electron chi connectivity index (χ4n) is 2.22. The Labute approximate surface area is 135 Å². The summed E-state index contributed by atoms with van der Waals surface area (Å²) in [5.74, 6) is -1.74. The van der Waals surface area contributed by atoms with Gasteiger partial charge in [-0.3, -0.25) is 25.1 Å². The average molecular weight is 327 g/mol. The second-order valence-electron chi connectivity index (χ2n) is 4.97. The number of hydrogen-bond acceptors (Lipinski definition) is 4. The van der Waals surface area contributed by atoms with Gasteiger partial charge in [-0.25, -0.2) is 9.40 Å². The molecule has 1 N–H and O–H groups in total. The van der Waals surface area contributed by atoms with Gasteiger partial charge in [0.1, 0.15) is 11.4 Å². The number of rotatable bonds is 3. The van der Waals surface area contributed by atoms with Crippen LogP contribution in [0.3, 0.4) is 0 Å². The second-order valence-corrected chi connectivity index (χ2v) is 4.97. The maximum absolute atomic E-state index is 13.0. The number of nitrogens with one attached hydrogen (secondary N) is 1. The lowest BCUT2D eigenvalue weighted by Crippen LogP contribution is -2.35. The van der Waals surface area contributed by atoms with Gasteiger partial charge < -0.3 is 0 Å². The van der Waals surface area contributed by atoms with Crippen molar-refractivity contribution in [3.8, 4) is 0 Å². The van der Waals surface area contributed by atoms with Crippen LogP contribution in [0.15, 0.2) is 54.1 Å². The molecule has 2 amide bonds. The summed E-state index contributed by atoms with van der Waals surface area (Å²) < 4.78 is 13.0. The summed E-state index contributed by atoms with van der Waals surface area (Å²) in [5.41, 5.74) is 2.71. The summed E-state index contributed by atoms with van der Waals surface area (Å²) in [5, 5.41) is 11.8. The zero-order chi connectivity index (χ0) is 17.3. The van der Waals surface area contributed by atoms with Gasteiger partial charge in [0.25, 0.3) is 17.5 Å². The minimum Gasteiger partial charge on any atom is -0.267 e. The van der Waals surface area contributed by atoms with E-state index >= 15 is 0 Å². The number of carbonyl (C=O) groups is 2. The van der Waals surface area contributed by atoms with Crippen molar-refractivity contribution >= 4 is 29.3 Å². The van der Waals surface area contributed by atoms with Crippen LogP contribution in [0.4, 0.5) is 15.8 Å². The predicted molar refractivity (Wildman–Crippen MR) is 83.1 cm³/mol. The fourth-order valence-corrected chi connectivity index (χ4v) is 2.22. The molecule has 0 saturated carbocycles. The molecule has 1 fully saturated rings. The molecule has 1 saturated heterocycles. The van der Waals surface area contributed by atoms with Gasteiger partial charge in [0.2, 0.25) is 0 Å². The molecule has 1 heterocycles. The smallest absolute Gasteiger partial charge is 0.267 e. The van der Waals surface area contributed by atoms with E-state index in [0.717, 1.165) is 17.1 Å². The maximum atomic E-state index is 13.0. The zero-order valence-corrected chi connectivity index (χ0v) is 12.1. The minimum absolute atomic E-state index is 0.148. The molecule has 3 rings (SSSR count). The summed E-state index contributed by atoms with van der Waals surface area (Å²) >= 11 is 0. The van der Waals surface area contributed by atoms with Crippen LogP contribution in [0.1, 0.15) is 5.56 Å². The van der Waals surface area contributed by atoms with E-state index in [1.165, 1.54) is 36.4 Å². The van der Waals surface area contributed by atoms with Crippen LogP contribution in [0.25, 0.3) is 6.08 Å². The first kappa shape index (κ1) is 15.3. The van der Waals surface area contributed by atoms with Crippen molar-refractivity contribution in [3.63, 3.8) is 0 Å². The highest BCUT2D eigenvalue weighted by Crippen LogP contribution is 2.22. The maximum Gasteiger partial charge on any atom is 0.282 e. The Bertz CT molecular complexity index is 877. The Morgan fingerprint density at radius 1 is 1.12 bits per heavy atom. The predicted octanol–water partition coefficient (Wildman–Crippen LogP) is 2.20. The van der Waals surface area contributed by atoms with E-state index < -0.39 is 22.6 Å². The molecule has 0 bridgehead atoms. The third-order valence-electron chi connectivity index (χ3n) is 3.37. The first-order valence-electron chi connectivity index (χ1n) is 6.83. The van der Waals surface area contributed by atoms with Crippen LogP contribution >= 0.6 is 0 Å².